The number of nitrogens with zero attached hydrogens (tertiary/aromatic N) is 1. The quantitative estimate of drug-likeness (QED) is 0.594. The van der Waals surface area contributed by atoms with Gasteiger partial charge >= 0.3 is 0 Å². The fraction of sp³-hybridized carbons (Fsp3) is 0.500. The molecule has 0 N–H and O–H groups in total. The van der Waals surface area contributed by atoms with E-state index in [1.807, 2.05) is 0 Å². The number of hydrogen-bond donors (Lipinski definition) is 0. The molecule has 5 rings (SSSR count). The molecule has 1 fully saturated rings. The second-order valence-electron chi connectivity index (χ2n) is 7.39. The van der Waals surface area contributed by atoms with Crippen LogP contribution < -0.4 is 0 Å². The Morgan fingerprint density at radius 3 is 2.71 bits per heavy atom. The van der Waals surface area contributed by atoms with Crippen molar-refractivity contribution in [3.63, 3.8) is 0 Å². The van der Waals surface area contributed by atoms with E-state index in [0.29, 0.717) is 11.3 Å². The van der Waals surface area contributed by atoms with E-state index >= 15 is 0 Å². The molecule has 1 heteroatoms. The number of aromatic nitrogens is 1. The molecule has 2 bridgehead atoms. The molecule has 2 aromatic rings. The minimum Gasteiger partial charge on any atom is -0.347 e. The van der Waals surface area contributed by atoms with Gasteiger partial charge in [-0.1, -0.05) is 49.6 Å². The van der Waals surface area contributed by atoms with Gasteiger partial charge in [-0.3, -0.25) is 0 Å². The van der Waals surface area contributed by atoms with Crippen molar-refractivity contribution in [3.8, 4) is 0 Å². The number of para-hydroxylation sites is 1. The number of allylic oxidation sites excluding steroid dienone is 2. The third kappa shape index (κ3) is 1.38. The first-order valence-corrected chi connectivity index (χ1v) is 8.57. The van der Waals surface area contributed by atoms with E-state index in [1.165, 1.54) is 49.4 Å². The molecule has 1 aromatic carbocycles. The van der Waals surface area contributed by atoms with Crippen molar-refractivity contribution in [1.29, 1.82) is 0 Å². The maximum absolute atomic E-state index is 2.56. The Bertz CT molecular complexity index is 743. The first kappa shape index (κ1) is 12.1. The highest BCUT2D eigenvalue weighted by atomic mass is 15.0. The predicted molar refractivity (Wildman–Crippen MR) is 87.7 cm³/mol. The summed E-state index contributed by atoms with van der Waals surface area (Å²) in [7, 11) is 2.28. The van der Waals surface area contributed by atoms with Crippen LogP contribution >= 0.6 is 0 Å². The Balaban J connectivity index is 1.89. The van der Waals surface area contributed by atoms with Gasteiger partial charge in [-0.2, -0.15) is 0 Å². The lowest BCUT2D eigenvalue weighted by atomic mass is 9.58. The SMILES string of the molecule is Cn1c2c(c3ccccc31)C1(CCCCC1)[C@@H]1C=C[C@H]2C1. The molecule has 3 aliphatic carbocycles. The zero-order chi connectivity index (χ0) is 14.0. The molecule has 0 saturated heterocycles. The van der Waals surface area contributed by atoms with E-state index in [2.05, 4.69) is 48.0 Å². The van der Waals surface area contributed by atoms with Crippen LogP contribution in [0, 0.1) is 5.92 Å². The van der Waals surface area contributed by atoms with Gasteiger partial charge in [-0.15, -0.1) is 0 Å². The molecule has 0 aliphatic heterocycles. The van der Waals surface area contributed by atoms with Crippen LogP contribution in [-0.2, 0) is 12.5 Å². The Labute approximate surface area is 126 Å². The second-order valence-corrected chi connectivity index (χ2v) is 7.39. The molecule has 0 amide bonds. The normalized spacial score (nSPS) is 29.2. The van der Waals surface area contributed by atoms with Gasteiger partial charge in [0.2, 0.25) is 0 Å². The van der Waals surface area contributed by atoms with Gasteiger partial charge in [0.1, 0.15) is 0 Å². The standard InChI is InChI=1S/C20H23N/c1-21-17-8-4-3-7-16(17)18-19(21)14-9-10-15(13-14)20(18)11-5-2-6-12-20/h3-4,7-10,14-15H,2,5-6,11-13H2,1H3/t14-,15+/m0/s1. The summed E-state index contributed by atoms with van der Waals surface area (Å²) in [6, 6.07) is 9.09. The van der Waals surface area contributed by atoms with Crippen molar-refractivity contribution in [2.24, 2.45) is 13.0 Å². The topological polar surface area (TPSA) is 4.93 Å². The summed E-state index contributed by atoms with van der Waals surface area (Å²) >= 11 is 0. The lowest BCUT2D eigenvalue weighted by molar-refractivity contribution is 0.204. The van der Waals surface area contributed by atoms with Crippen molar-refractivity contribution in [2.45, 2.75) is 49.9 Å². The van der Waals surface area contributed by atoms with Crippen LogP contribution in [0.2, 0.25) is 0 Å². The Kier molecular flexibility index (Phi) is 2.32. The summed E-state index contributed by atoms with van der Waals surface area (Å²) in [6.45, 7) is 0. The molecule has 1 spiro atoms. The summed E-state index contributed by atoms with van der Waals surface area (Å²) < 4.78 is 2.50. The van der Waals surface area contributed by atoms with Gasteiger partial charge < -0.3 is 4.57 Å². The van der Waals surface area contributed by atoms with Crippen LogP contribution in [0.4, 0.5) is 0 Å². The highest BCUT2D eigenvalue weighted by Gasteiger charge is 2.50. The molecule has 21 heavy (non-hydrogen) atoms. The summed E-state index contributed by atoms with van der Waals surface area (Å²) in [5.41, 5.74) is 5.24. The monoisotopic (exact) mass is 277 g/mol. The molecule has 1 saturated carbocycles. The summed E-state index contributed by atoms with van der Waals surface area (Å²) in [5, 5.41) is 1.54. The van der Waals surface area contributed by atoms with Crippen LogP contribution in [0.1, 0.15) is 55.7 Å². The minimum absolute atomic E-state index is 0.442. The van der Waals surface area contributed by atoms with Gasteiger partial charge in [-0.25, -0.2) is 0 Å². The van der Waals surface area contributed by atoms with Crippen molar-refractivity contribution in [3.05, 3.63) is 47.7 Å². The Morgan fingerprint density at radius 2 is 1.86 bits per heavy atom. The van der Waals surface area contributed by atoms with E-state index in [9.17, 15) is 0 Å². The summed E-state index contributed by atoms with van der Waals surface area (Å²) in [6.07, 6.45) is 13.5. The lowest BCUT2D eigenvalue weighted by Gasteiger charge is -2.46. The van der Waals surface area contributed by atoms with Crippen molar-refractivity contribution >= 4 is 10.9 Å². The molecular formula is C20H23N. The second kappa shape index (κ2) is 4.03. The zero-order valence-corrected chi connectivity index (χ0v) is 12.8. The number of hydrogen-bond acceptors (Lipinski definition) is 0. The van der Waals surface area contributed by atoms with E-state index in [4.69, 9.17) is 0 Å². The van der Waals surface area contributed by atoms with E-state index in [-0.39, 0.29) is 0 Å². The molecule has 1 aromatic heterocycles. The average Bonchev–Trinajstić information content (AvgIpc) is 3.09. The minimum atomic E-state index is 0.442. The molecule has 0 unspecified atom stereocenters. The first-order chi connectivity index (χ1) is 10.3. The Hall–Kier alpha value is -1.50. The smallest absolute Gasteiger partial charge is 0.0483 e. The number of fused-ring (bicyclic) bond motifs is 8. The zero-order valence-electron chi connectivity index (χ0n) is 12.8. The highest BCUT2D eigenvalue weighted by molar-refractivity contribution is 5.88. The summed E-state index contributed by atoms with van der Waals surface area (Å²) in [5.74, 6) is 1.45. The summed E-state index contributed by atoms with van der Waals surface area (Å²) in [4.78, 5) is 0. The maximum Gasteiger partial charge on any atom is 0.0483 e. The average molecular weight is 277 g/mol. The highest BCUT2D eigenvalue weighted by Crippen LogP contribution is 2.59. The van der Waals surface area contributed by atoms with Crippen LogP contribution in [-0.4, -0.2) is 4.57 Å². The van der Waals surface area contributed by atoms with E-state index in [1.54, 1.807) is 11.3 Å². The van der Waals surface area contributed by atoms with E-state index in [0.717, 1.165) is 5.92 Å². The molecule has 1 heterocycles. The van der Waals surface area contributed by atoms with E-state index < -0.39 is 0 Å². The van der Waals surface area contributed by atoms with Gasteiger partial charge in [0.15, 0.2) is 0 Å². The van der Waals surface area contributed by atoms with Crippen LogP contribution in [0.5, 0.6) is 0 Å². The first-order valence-electron chi connectivity index (χ1n) is 8.57. The van der Waals surface area contributed by atoms with Gasteiger partial charge in [0, 0.05) is 35.0 Å². The third-order valence-corrected chi connectivity index (χ3v) is 6.54. The molecule has 2 atom stereocenters. The Morgan fingerprint density at radius 1 is 1.05 bits per heavy atom. The van der Waals surface area contributed by atoms with Crippen molar-refractivity contribution in [2.75, 3.05) is 0 Å². The largest absolute Gasteiger partial charge is 0.347 e. The maximum atomic E-state index is 2.56. The third-order valence-electron chi connectivity index (χ3n) is 6.54. The van der Waals surface area contributed by atoms with Crippen molar-refractivity contribution in [1.82, 2.24) is 4.57 Å². The number of rotatable bonds is 0. The van der Waals surface area contributed by atoms with Crippen LogP contribution in [0.3, 0.4) is 0 Å². The van der Waals surface area contributed by atoms with Crippen LogP contribution in [0.15, 0.2) is 36.4 Å². The molecular weight excluding hydrogens is 254 g/mol. The lowest BCUT2D eigenvalue weighted by Crippen LogP contribution is -2.39. The van der Waals surface area contributed by atoms with Gasteiger partial charge in [-0.05, 0) is 36.8 Å². The molecule has 0 radical (unpaired) electrons. The number of aryl methyl sites for hydroxylation is 1. The van der Waals surface area contributed by atoms with Crippen molar-refractivity contribution < 1.29 is 0 Å². The molecule has 1 nitrogen and oxygen atoms in total. The molecule has 3 aliphatic rings. The molecule has 108 valence electrons. The fourth-order valence-corrected chi connectivity index (χ4v) is 5.67. The van der Waals surface area contributed by atoms with Gasteiger partial charge in [0.05, 0.1) is 0 Å². The fourth-order valence-electron chi connectivity index (χ4n) is 5.67. The van der Waals surface area contributed by atoms with Gasteiger partial charge in [0.25, 0.3) is 0 Å². The predicted octanol–water partition coefficient (Wildman–Crippen LogP) is 5.05. The van der Waals surface area contributed by atoms with Crippen LogP contribution in [0.25, 0.3) is 10.9 Å². The number of benzene rings is 1.